The van der Waals surface area contributed by atoms with E-state index >= 15 is 0 Å². The van der Waals surface area contributed by atoms with E-state index in [1.807, 2.05) is 6.07 Å². The summed E-state index contributed by atoms with van der Waals surface area (Å²) in [4.78, 5) is 53.3. The molecule has 0 bridgehead atoms. The fourth-order valence-electron chi connectivity index (χ4n) is 4.97. The molecule has 5 rings (SSSR count). The second-order valence-corrected chi connectivity index (χ2v) is 13.2. The van der Waals surface area contributed by atoms with Crippen molar-refractivity contribution >= 4 is 37.1 Å². The first-order valence-electron chi connectivity index (χ1n) is 15.4. The number of fused-ring (bicyclic) bond motifs is 1. The van der Waals surface area contributed by atoms with E-state index in [4.69, 9.17) is 29.8 Å². The zero-order valence-electron chi connectivity index (χ0n) is 26.9. The molecule has 4 amide bonds. The molecule has 0 saturated carbocycles. The third-order valence-corrected chi connectivity index (χ3v) is 9.05. The number of anilines is 1. The molecule has 2 aliphatic heterocycles. The number of amides is 4. The van der Waals surface area contributed by atoms with Gasteiger partial charge in [0.1, 0.15) is 42.5 Å². The Labute approximate surface area is 285 Å². The first-order chi connectivity index (χ1) is 23.7. The summed E-state index contributed by atoms with van der Waals surface area (Å²) in [5, 5.41) is 32.7. The maximum atomic E-state index is 13.4. The number of aliphatic hydroxyl groups is 2. The molecule has 3 aromatic rings. The fraction of sp³-hybridized carbons (Fsp3) is 0.400. The molecule has 19 nitrogen and oxygen atoms in total. The first-order valence-corrected chi connectivity index (χ1v) is 16.8. The number of nitrogens with two attached hydrogens (primary N) is 2. The molecule has 1 fully saturated rings. The smallest absolute Gasteiger partial charge is 0.404 e. The van der Waals surface area contributed by atoms with Crippen molar-refractivity contribution in [2.75, 3.05) is 11.9 Å². The van der Waals surface area contributed by atoms with E-state index in [-0.39, 0.29) is 24.6 Å². The molecule has 8 atom stereocenters. The van der Waals surface area contributed by atoms with Crippen LogP contribution in [0.3, 0.4) is 0 Å². The molecular weight excluding hydrogens is 679 g/mol. The Kier molecular flexibility index (Phi) is 11.3. The highest BCUT2D eigenvalue weighted by Crippen LogP contribution is 2.55. The Morgan fingerprint density at radius 2 is 1.80 bits per heavy atom. The Balaban J connectivity index is 1.20. The summed E-state index contributed by atoms with van der Waals surface area (Å²) in [7, 11) is -4.23. The highest BCUT2D eigenvalue weighted by Gasteiger charge is 2.46. The number of nitrogens with zero attached hydrogens (tertiary/aromatic N) is 3. The minimum absolute atomic E-state index is 0.137. The van der Waals surface area contributed by atoms with Crippen LogP contribution in [-0.4, -0.2) is 91.7 Å². The molecule has 1 aromatic heterocycles. The van der Waals surface area contributed by atoms with E-state index in [0.717, 1.165) is 16.6 Å². The molecule has 0 spiro atoms. The number of hydrogen-bond acceptors (Lipinski definition) is 14. The van der Waals surface area contributed by atoms with Crippen LogP contribution < -0.4 is 31.9 Å². The van der Waals surface area contributed by atoms with Crippen LogP contribution in [0.2, 0.25) is 0 Å². The van der Waals surface area contributed by atoms with Gasteiger partial charge < -0.3 is 46.9 Å². The minimum atomic E-state index is -4.23. The first kappa shape index (κ1) is 36.5. The largest absolute Gasteiger partial charge is 0.530 e. The van der Waals surface area contributed by atoms with Crippen molar-refractivity contribution in [3.63, 3.8) is 0 Å². The number of nitrogens with one attached hydrogen (secondary N) is 3. The third-order valence-electron chi connectivity index (χ3n) is 7.72. The second kappa shape index (κ2) is 15.4. The number of aliphatic hydroxyl groups excluding tert-OH is 2. The lowest BCUT2D eigenvalue weighted by atomic mass is 10.0. The van der Waals surface area contributed by atoms with E-state index in [1.165, 1.54) is 32.0 Å². The zero-order valence-corrected chi connectivity index (χ0v) is 27.8. The average molecular weight is 717 g/mol. The molecule has 9 N–H and O–H groups in total. The van der Waals surface area contributed by atoms with Gasteiger partial charge in [-0.1, -0.05) is 30.3 Å². The van der Waals surface area contributed by atoms with Gasteiger partial charge in [-0.2, -0.15) is 0 Å². The van der Waals surface area contributed by atoms with Crippen LogP contribution in [0.4, 0.5) is 5.69 Å². The van der Waals surface area contributed by atoms with Crippen molar-refractivity contribution in [1.29, 1.82) is 0 Å². The number of phosphoric ester groups is 1. The van der Waals surface area contributed by atoms with Crippen molar-refractivity contribution in [3.8, 4) is 5.75 Å². The maximum absolute atomic E-state index is 13.4. The van der Waals surface area contributed by atoms with E-state index in [2.05, 4.69) is 26.0 Å². The van der Waals surface area contributed by atoms with Gasteiger partial charge in [0, 0.05) is 17.7 Å². The molecule has 1 saturated heterocycles. The summed E-state index contributed by atoms with van der Waals surface area (Å²) in [6.45, 7) is 2.19. The lowest BCUT2D eigenvalue weighted by Crippen LogP contribution is -2.54. The van der Waals surface area contributed by atoms with E-state index in [0.29, 0.717) is 11.3 Å². The SMILES string of the molecule is C[C@H](N)C(=O)N[C@@H](C)C(=O)N[C@@H](Cc1ccccc1)C(=O)Nc1ccc2c(c1)COP(=O)(OC[C@H]1O[C@@H](n3cnc(C(N)=O)n3)[C@H](O)[C@@H]1O)O2. The number of ether oxygens (including phenoxy) is 1. The van der Waals surface area contributed by atoms with E-state index in [9.17, 15) is 34.0 Å². The Bertz CT molecular complexity index is 1770. The van der Waals surface area contributed by atoms with Gasteiger partial charge in [-0.05, 0) is 37.6 Å². The molecule has 0 radical (unpaired) electrons. The molecule has 2 aromatic carbocycles. The topological polar surface area (TPSA) is 282 Å². The number of hydrogen-bond donors (Lipinski definition) is 7. The Morgan fingerprint density at radius 1 is 1.06 bits per heavy atom. The highest BCUT2D eigenvalue weighted by molar-refractivity contribution is 7.49. The van der Waals surface area contributed by atoms with Crippen LogP contribution in [0.15, 0.2) is 54.9 Å². The predicted molar refractivity (Wildman–Crippen MR) is 172 cm³/mol. The van der Waals surface area contributed by atoms with Crippen LogP contribution in [0, 0.1) is 0 Å². The quantitative estimate of drug-likeness (QED) is 0.107. The number of aromatic nitrogens is 3. The maximum Gasteiger partial charge on any atom is 0.530 e. The van der Waals surface area contributed by atoms with Gasteiger partial charge in [0.25, 0.3) is 5.91 Å². The van der Waals surface area contributed by atoms with Crippen LogP contribution in [-0.2, 0) is 45.8 Å². The highest BCUT2D eigenvalue weighted by atomic mass is 31.2. The number of primary amides is 1. The summed E-state index contributed by atoms with van der Waals surface area (Å²) in [6, 6.07) is 10.7. The van der Waals surface area contributed by atoms with Gasteiger partial charge >= 0.3 is 7.82 Å². The lowest BCUT2D eigenvalue weighted by molar-refractivity contribution is -0.130. The molecular formula is C30H37N8O11P. The van der Waals surface area contributed by atoms with Gasteiger partial charge in [-0.15, -0.1) is 5.10 Å². The van der Waals surface area contributed by atoms with E-state index < -0.39 is 80.7 Å². The zero-order chi connectivity index (χ0) is 36.2. The van der Waals surface area contributed by atoms with Gasteiger partial charge in [-0.3, -0.25) is 28.2 Å². The van der Waals surface area contributed by atoms with Gasteiger partial charge in [0.15, 0.2) is 6.23 Å². The number of carbonyl (C=O) groups is 4. The fourth-order valence-corrected chi connectivity index (χ4v) is 6.20. The van der Waals surface area contributed by atoms with Crippen molar-refractivity contribution in [1.82, 2.24) is 25.4 Å². The van der Waals surface area contributed by atoms with Crippen LogP contribution in [0.25, 0.3) is 0 Å². The molecule has 1 unspecified atom stereocenters. The standard InChI is InChI=1S/C30H37N8O11P/c1-15(31)27(42)34-16(2)28(43)36-20(10-17-6-4-3-5-7-17)29(44)35-19-8-9-21-18(11-19)12-46-50(45,49-21)47-13-22-23(39)24(40)30(48-22)38-14-33-26(37-38)25(32)41/h3-9,11,14-16,20,22-24,30,39-40H,10,12-13,31H2,1-2H3,(H2,32,41)(H,34,42)(H,35,44)(H,36,43)/t15-,16-,20-,22+,23+,24+,30+,50?/m0/s1. The summed E-state index contributed by atoms with van der Waals surface area (Å²) >= 11 is 0. The summed E-state index contributed by atoms with van der Waals surface area (Å²) in [5.74, 6) is -2.74. The predicted octanol–water partition coefficient (Wildman–Crippen LogP) is -0.752. The number of rotatable bonds is 13. The Morgan fingerprint density at radius 3 is 2.48 bits per heavy atom. The van der Waals surface area contributed by atoms with Crippen molar-refractivity contribution in [2.24, 2.45) is 11.5 Å². The van der Waals surface area contributed by atoms with Crippen molar-refractivity contribution in [3.05, 3.63) is 71.8 Å². The summed E-state index contributed by atoms with van der Waals surface area (Å²) < 4.78 is 36.2. The van der Waals surface area contributed by atoms with Crippen LogP contribution >= 0.6 is 7.82 Å². The van der Waals surface area contributed by atoms with Crippen LogP contribution in [0.5, 0.6) is 5.75 Å². The monoisotopic (exact) mass is 716 g/mol. The molecule has 50 heavy (non-hydrogen) atoms. The molecule has 2 aliphatic rings. The number of phosphoric acid groups is 1. The average Bonchev–Trinajstić information content (AvgIpc) is 3.68. The van der Waals surface area contributed by atoms with Gasteiger partial charge in [-0.25, -0.2) is 14.2 Å². The van der Waals surface area contributed by atoms with E-state index in [1.54, 1.807) is 24.3 Å². The van der Waals surface area contributed by atoms with Crippen molar-refractivity contribution < 1.29 is 52.3 Å². The van der Waals surface area contributed by atoms with Gasteiger partial charge in [0.2, 0.25) is 23.5 Å². The lowest BCUT2D eigenvalue weighted by Gasteiger charge is -2.26. The third kappa shape index (κ3) is 8.69. The normalized spacial score (nSPS) is 24.6. The van der Waals surface area contributed by atoms with Crippen molar-refractivity contribution in [2.45, 2.75) is 69.5 Å². The van der Waals surface area contributed by atoms with Gasteiger partial charge in [0.05, 0.1) is 19.3 Å². The molecule has 0 aliphatic carbocycles. The summed E-state index contributed by atoms with van der Waals surface area (Å²) in [6.07, 6.45) is -4.19. The summed E-state index contributed by atoms with van der Waals surface area (Å²) in [5.41, 5.74) is 12.2. The number of benzene rings is 2. The molecule has 20 heteroatoms. The molecule has 3 heterocycles. The molecule has 268 valence electrons. The minimum Gasteiger partial charge on any atom is -0.404 e. The number of carbonyl (C=O) groups excluding carboxylic acids is 4. The Hall–Kier alpha value is -4.75. The van der Waals surface area contributed by atoms with Crippen LogP contribution in [0.1, 0.15) is 41.8 Å². The second-order valence-electron chi connectivity index (χ2n) is 11.6.